The molecule has 5 rings (SSSR count). The van der Waals surface area contributed by atoms with Gasteiger partial charge < -0.3 is 20.5 Å². The van der Waals surface area contributed by atoms with Crippen molar-refractivity contribution < 1.29 is 14.6 Å². The van der Waals surface area contributed by atoms with Crippen molar-refractivity contribution in [2.45, 2.75) is 31.9 Å². The maximum atomic E-state index is 13.1. The van der Waals surface area contributed by atoms with Crippen LogP contribution in [-0.2, 0) is 12.8 Å². The number of rotatable bonds is 8. The number of para-hydroxylation sites is 1. The highest BCUT2D eigenvalue weighted by molar-refractivity contribution is 5.95. The Morgan fingerprint density at radius 1 is 0.949 bits per heavy atom. The maximum Gasteiger partial charge on any atom is 0.251 e. The summed E-state index contributed by atoms with van der Waals surface area (Å²) in [6.45, 7) is 2.56. The average molecular weight is 520 g/mol. The van der Waals surface area contributed by atoms with E-state index in [1.165, 1.54) is 0 Å². The second-order valence-electron chi connectivity index (χ2n) is 9.73. The summed E-state index contributed by atoms with van der Waals surface area (Å²) in [4.78, 5) is 17.7. The molecule has 0 saturated carbocycles. The second kappa shape index (κ2) is 12.0. The Morgan fingerprint density at radius 2 is 1.67 bits per heavy atom. The number of benzene rings is 4. The van der Waals surface area contributed by atoms with Crippen LogP contribution in [0.3, 0.4) is 0 Å². The number of methoxy groups -OCH3 is 1. The van der Waals surface area contributed by atoms with E-state index in [1.54, 1.807) is 7.11 Å². The SMILES string of the molecule is COc1ccccc1CCN=C(C)Nc1ccc2c(c1)[C@@H](NC(=O)c1ccc(-c3ccccc3)cc1)[C@H](O)C2. The number of aliphatic hydroxyl groups excluding tert-OH is 1. The minimum Gasteiger partial charge on any atom is -0.496 e. The Hall–Kier alpha value is -4.42. The summed E-state index contributed by atoms with van der Waals surface area (Å²) in [5.74, 6) is 1.46. The van der Waals surface area contributed by atoms with Gasteiger partial charge in [0.1, 0.15) is 5.75 Å². The second-order valence-corrected chi connectivity index (χ2v) is 9.73. The molecule has 0 fully saturated rings. The molecular formula is C33H33N3O3. The molecule has 3 N–H and O–H groups in total. The fourth-order valence-corrected chi connectivity index (χ4v) is 5.04. The quantitative estimate of drug-likeness (QED) is 0.202. The topological polar surface area (TPSA) is 83.0 Å². The molecule has 2 atom stereocenters. The van der Waals surface area contributed by atoms with Gasteiger partial charge in [0, 0.05) is 24.2 Å². The van der Waals surface area contributed by atoms with Crippen molar-refractivity contribution in [2.75, 3.05) is 19.0 Å². The van der Waals surface area contributed by atoms with Crippen molar-refractivity contribution in [3.8, 4) is 16.9 Å². The van der Waals surface area contributed by atoms with Gasteiger partial charge in [-0.3, -0.25) is 9.79 Å². The van der Waals surface area contributed by atoms with E-state index >= 15 is 0 Å². The summed E-state index contributed by atoms with van der Waals surface area (Å²) in [6.07, 6.45) is 0.595. The number of ether oxygens (including phenoxy) is 1. The number of hydrogen-bond donors (Lipinski definition) is 3. The lowest BCUT2D eigenvalue weighted by atomic mass is 10.0. The number of amides is 1. The van der Waals surface area contributed by atoms with Gasteiger partial charge in [0.05, 0.1) is 25.1 Å². The zero-order valence-electron chi connectivity index (χ0n) is 22.2. The highest BCUT2D eigenvalue weighted by Gasteiger charge is 2.32. The van der Waals surface area contributed by atoms with Crippen molar-refractivity contribution in [1.82, 2.24) is 5.32 Å². The van der Waals surface area contributed by atoms with E-state index in [4.69, 9.17) is 4.74 Å². The zero-order chi connectivity index (χ0) is 27.2. The van der Waals surface area contributed by atoms with E-state index in [0.29, 0.717) is 18.5 Å². The lowest BCUT2D eigenvalue weighted by Crippen LogP contribution is -2.33. The van der Waals surface area contributed by atoms with Gasteiger partial charge in [-0.05, 0) is 71.5 Å². The molecule has 0 bridgehead atoms. The molecule has 1 aliphatic rings. The van der Waals surface area contributed by atoms with Crippen LogP contribution in [0.5, 0.6) is 5.75 Å². The van der Waals surface area contributed by atoms with Gasteiger partial charge in [0.25, 0.3) is 5.91 Å². The Morgan fingerprint density at radius 3 is 2.44 bits per heavy atom. The van der Waals surface area contributed by atoms with Gasteiger partial charge in [0.2, 0.25) is 0 Å². The summed E-state index contributed by atoms with van der Waals surface area (Å²) < 4.78 is 5.42. The van der Waals surface area contributed by atoms with E-state index < -0.39 is 12.1 Å². The molecule has 1 amide bonds. The average Bonchev–Trinajstić information content (AvgIpc) is 3.27. The Balaban J connectivity index is 1.23. The molecule has 1 aliphatic carbocycles. The van der Waals surface area contributed by atoms with Crippen molar-refractivity contribution in [3.05, 3.63) is 119 Å². The Bertz CT molecular complexity index is 1470. The molecule has 0 unspecified atom stereocenters. The number of hydrogen-bond acceptors (Lipinski definition) is 4. The van der Waals surface area contributed by atoms with E-state index in [2.05, 4.69) is 21.7 Å². The van der Waals surface area contributed by atoms with Crippen molar-refractivity contribution in [1.29, 1.82) is 0 Å². The highest BCUT2D eigenvalue weighted by Crippen LogP contribution is 2.34. The number of nitrogens with one attached hydrogen (secondary N) is 2. The van der Waals surface area contributed by atoms with Crippen LogP contribution < -0.4 is 15.4 Å². The van der Waals surface area contributed by atoms with Crippen LogP contribution in [0.2, 0.25) is 0 Å². The lowest BCUT2D eigenvalue weighted by molar-refractivity contribution is 0.0858. The van der Waals surface area contributed by atoms with Gasteiger partial charge in [-0.25, -0.2) is 0 Å². The molecule has 198 valence electrons. The van der Waals surface area contributed by atoms with E-state index in [-0.39, 0.29) is 5.91 Å². The van der Waals surface area contributed by atoms with Crippen LogP contribution in [0, 0.1) is 0 Å². The van der Waals surface area contributed by atoms with E-state index in [0.717, 1.165) is 51.5 Å². The van der Waals surface area contributed by atoms with Crippen molar-refractivity contribution in [2.24, 2.45) is 4.99 Å². The third kappa shape index (κ3) is 6.19. The van der Waals surface area contributed by atoms with Gasteiger partial charge >= 0.3 is 0 Å². The minimum absolute atomic E-state index is 0.209. The summed E-state index contributed by atoms with van der Waals surface area (Å²) in [5.41, 5.74) is 6.65. The summed E-state index contributed by atoms with van der Waals surface area (Å²) in [6, 6.07) is 31.1. The van der Waals surface area contributed by atoms with Crippen LogP contribution in [0.15, 0.2) is 102 Å². The molecule has 0 saturated heterocycles. The molecule has 39 heavy (non-hydrogen) atoms. The maximum absolute atomic E-state index is 13.1. The molecule has 6 nitrogen and oxygen atoms in total. The fraction of sp³-hybridized carbons (Fsp3) is 0.212. The smallest absolute Gasteiger partial charge is 0.251 e. The number of carbonyl (C=O) groups is 1. The number of anilines is 1. The number of amidine groups is 1. The molecule has 4 aromatic carbocycles. The number of fused-ring (bicyclic) bond motifs is 1. The molecule has 4 aromatic rings. The van der Waals surface area contributed by atoms with Crippen LogP contribution >= 0.6 is 0 Å². The first-order chi connectivity index (χ1) is 19.0. The van der Waals surface area contributed by atoms with Crippen LogP contribution in [0.1, 0.15) is 40.0 Å². The first kappa shape index (κ1) is 26.2. The van der Waals surface area contributed by atoms with Crippen molar-refractivity contribution in [3.63, 3.8) is 0 Å². The first-order valence-corrected chi connectivity index (χ1v) is 13.2. The first-order valence-electron chi connectivity index (χ1n) is 13.2. The summed E-state index contributed by atoms with van der Waals surface area (Å²) in [7, 11) is 1.68. The third-order valence-corrected chi connectivity index (χ3v) is 7.08. The molecule has 0 spiro atoms. The Kier molecular flexibility index (Phi) is 8.04. The lowest BCUT2D eigenvalue weighted by Gasteiger charge is -2.19. The summed E-state index contributed by atoms with van der Waals surface area (Å²) in [5, 5.41) is 17.2. The standard InChI is InChI=1S/C33H33N3O3/c1-22(34-19-18-25-10-6-7-11-31(25)39-2)35-28-17-16-27-20-30(37)32(29(27)21-28)36-33(38)26-14-12-24(13-15-26)23-8-4-3-5-9-23/h3-17,21,30,32,37H,18-20H2,1-2H3,(H,34,35)(H,36,38)/t30-,32-/m1/s1. The predicted octanol–water partition coefficient (Wildman–Crippen LogP) is 5.82. The van der Waals surface area contributed by atoms with Gasteiger partial charge in [-0.2, -0.15) is 0 Å². The largest absolute Gasteiger partial charge is 0.496 e. The van der Waals surface area contributed by atoms with Crippen molar-refractivity contribution >= 4 is 17.4 Å². The van der Waals surface area contributed by atoms with Crippen LogP contribution in [-0.4, -0.2) is 36.6 Å². The van der Waals surface area contributed by atoms with Gasteiger partial charge in [0.15, 0.2) is 0 Å². The molecular weight excluding hydrogens is 486 g/mol. The molecule has 0 aliphatic heterocycles. The Labute approximate surface area is 229 Å². The van der Waals surface area contributed by atoms with Crippen LogP contribution in [0.25, 0.3) is 11.1 Å². The van der Waals surface area contributed by atoms with Crippen LogP contribution in [0.4, 0.5) is 5.69 Å². The molecule has 0 heterocycles. The minimum atomic E-state index is -0.682. The number of aliphatic imine (C=N–C) groups is 1. The predicted molar refractivity (Wildman–Crippen MR) is 157 cm³/mol. The molecule has 0 radical (unpaired) electrons. The fourth-order valence-electron chi connectivity index (χ4n) is 5.04. The summed E-state index contributed by atoms with van der Waals surface area (Å²) >= 11 is 0. The van der Waals surface area contributed by atoms with Gasteiger partial charge in [-0.15, -0.1) is 0 Å². The van der Waals surface area contributed by atoms with E-state index in [9.17, 15) is 9.90 Å². The zero-order valence-corrected chi connectivity index (χ0v) is 22.2. The highest BCUT2D eigenvalue weighted by atomic mass is 16.5. The monoisotopic (exact) mass is 519 g/mol. The van der Waals surface area contributed by atoms with E-state index in [1.807, 2.05) is 97.9 Å². The normalized spacial score (nSPS) is 16.4. The molecule has 6 heteroatoms. The number of nitrogens with zero attached hydrogens (tertiary/aromatic N) is 1. The molecule has 0 aromatic heterocycles. The third-order valence-electron chi connectivity index (χ3n) is 7.08. The number of aliphatic hydroxyl groups is 1. The number of carbonyl (C=O) groups excluding carboxylic acids is 1. The van der Waals surface area contributed by atoms with Gasteiger partial charge in [-0.1, -0.05) is 66.7 Å².